The molecule has 0 amide bonds. The maximum absolute atomic E-state index is 11.0. The van der Waals surface area contributed by atoms with E-state index in [0.717, 1.165) is 5.56 Å². The molecule has 19 heavy (non-hydrogen) atoms. The number of carboxylic acids is 1. The first-order valence-electron chi connectivity index (χ1n) is 5.47. The molecule has 0 unspecified atom stereocenters. The van der Waals surface area contributed by atoms with Gasteiger partial charge >= 0.3 is 17.3 Å². The second kappa shape index (κ2) is 7.01. The molecule has 96 valence electrons. The Morgan fingerprint density at radius 2 is 1.53 bits per heavy atom. The zero-order valence-corrected chi connectivity index (χ0v) is 10.0. The second-order valence-electron chi connectivity index (χ2n) is 3.77. The number of para-hydroxylation sites is 1. The normalized spacial score (nSPS) is 9.16. The van der Waals surface area contributed by atoms with Crippen molar-refractivity contribution >= 4 is 5.97 Å². The first-order chi connectivity index (χ1) is 9.18. The zero-order valence-electron chi connectivity index (χ0n) is 10.0. The number of benzene rings is 2. The topological polar surface area (TPSA) is 77.4 Å². The fourth-order valence-corrected chi connectivity index (χ4v) is 1.75. The van der Waals surface area contributed by atoms with E-state index in [1.165, 1.54) is 0 Å². The van der Waals surface area contributed by atoms with Crippen LogP contribution in [0, 0.1) is 6.65 Å². The summed E-state index contributed by atoms with van der Waals surface area (Å²) in [7, 11) is 0. The van der Waals surface area contributed by atoms with Crippen LogP contribution in [0.3, 0.4) is 0 Å². The van der Waals surface area contributed by atoms with Crippen molar-refractivity contribution in [1.29, 1.82) is 0 Å². The van der Waals surface area contributed by atoms with Gasteiger partial charge in [0.2, 0.25) is 0 Å². The van der Waals surface area contributed by atoms with Crippen molar-refractivity contribution in [2.75, 3.05) is 0 Å². The Kier molecular flexibility index (Phi) is 5.35. The van der Waals surface area contributed by atoms with Crippen LogP contribution in [0.1, 0.15) is 21.5 Å². The standard InChI is InChI=1S/C14H12O3.CO/c15-13-8-4-2-6-11(13)9-10-5-1-3-7-12(10)14(16)17;1-2/h1-8,15H,9H2,(H,16,17);. The van der Waals surface area contributed by atoms with E-state index in [1.807, 2.05) is 6.07 Å². The first kappa shape index (κ1) is 14.5. The molecular weight excluding hydrogens is 244 g/mol. The van der Waals surface area contributed by atoms with Gasteiger partial charge in [0, 0.05) is 6.42 Å². The van der Waals surface area contributed by atoms with Crippen LogP contribution in [-0.4, -0.2) is 16.2 Å². The van der Waals surface area contributed by atoms with Crippen molar-refractivity contribution in [3.63, 3.8) is 0 Å². The monoisotopic (exact) mass is 256 g/mol. The van der Waals surface area contributed by atoms with E-state index in [-0.39, 0.29) is 11.3 Å². The summed E-state index contributed by atoms with van der Waals surface area (Å²) in [6, 6.07) is 13.8. The van der Waals surface area contributed by atoms with Crippen LogP contribution in [0.4, 0.5) is 0 Å². The third-order valence-corrected chi connectivity index (χ3v) is 2.62. The Balaban J connectivity index is 0.000000861. The number of hydrogen-bond donors (Lipinski definition) is 2. The van der Waals surface area contributed by atoms with E-state index in [1.54, 1.807) is 42.5 Å². The Bertz CT molecular complexity index is 587. The summed E-state index contributed by atoms with van der Waals surface area (Å²) in [6.45, 7) is 4.50. The van der Waals surface area contributed by atoms with Gasteiger partial charge in [-0.25, -0.2) is 4.79 Å². The molecule has 0 aliphatic heterocycles. The van der Waals surface area contributed by atoms with Gasteiger partial charge in [-0.1, -0.05) is 36.4 Å². The van der Waals surface area contributed by atoms with Gasteiger partial charge in [0.05, 0.1) is 5.56 Å². The van der Waals surface area contributed by atoms with E-state index >= 15 is 0 Å². The molecule has 0 saturated carbocycles. The summed E-state index contributed by atoms with van der Waals surface area (Å²) in [5, 5.41) is 18.7. The van der Waals surface area contributed by atoms with Crippen LogP contribution in [0.15, 0.2) is 48.5 Å². The summed E-state index contributed by atoms with van der Waals surface area (Å²) >= 11 is 0. The van der Waals surface area contributed by atoms with E-state index in [4.69, 9.17) is 9.76 Å². The number of aromatic hydroxyl groups is 1. The quantitative estimate of drug-likeness (QED) is 0.654. The molecule has 0 spiro atoms. The van der Waals surface area contributed by atoms with E-state index in [0.29, 0.717) is 12.0 Å². The molecule has 0 saturated heterocycles. The van der Waals surface area contributed by atoms with Gasteiger partial charge < -0.3 is 10.2 Å². The van der Waals surface area contributed by atoms with Gasteiger partial charge in [0.25, 0.3) is 0 Å². The van der Waals surface area contributed by atoms with Crippen molar-refractivity contribution in [2.45, 2.75) is 6.42 Å². The molecule has 0 aliphatic rings. The third kappa shape index (κ3) is 3.71. The number of phenolic OH excluding ortho intramolecular Hbond substituents is 1. The van der Waals surface area contributed by atoms with Crippen molar-refractivity contribution in [3.05, 3.63) is 71.9 Å². The molecule has 0 bridgehead atoms. The Hall–Kier alpha value is -2.55. The fourth-order valence-electron chi connectivity index (χ4n) is 1.75. The van der Waals surface area contributed by atoms with Crippen molar-refractivity contribution in [3.8, 4) is 5.75 Å². The molecular formula is C15H12O4. The number of hydrogen-bond acceptors (Lipinski definition) is 2. The van der Waals surface area contributed by atoms with Crippen molar-refractivity contribution < 1.29 is 19.7 Å². The van der Waals surface area contributed by atoms with Gasteiger partial charge in [-0.3, -0.25) is 0 Å². The van der Waals surface area contributed by atoms with Gasteiger partial charge in [-0.15, -0.1) is 0 Å². The third-order valence-electron chi connectivity index (χ3n) is 2.62. The summed E-state index contributed by atoms with van der Waals surface area (Å²) in [4.78, 5) is 11.0. The molecule has 2 N–H and O–H groups in total. The van der Waals surface area contributed by atoms with Gasteiger partial charge in [0.1, 0.15) is 5.75 Å². The SMILES string of the molecule is O=C(O)c1ccccc1Cc1ccccc1O.[C-]#[O+]. The van der Waals surface area contributed by atoms with Crippen LogP contribution >= 0.6 is 0 Å². The molecule has 2 aromatic rings. The van der Waals surface area contributed by atoms with Gasteiger partial charge in [0.15, 0.2) is 0 Å². The zero-order chi connectivity index (χ0) is 14.3. The van der Waals surface area contributed by atoms with Crippen molar-refractivity contribution in [2.24, 2.45) is 0 Å². The average Bonchev–Trinajstić information content (AvgIpc) is 2.44. The number of phenols is 1. The second-order valence-corrected chi connectivity index (χ2v) is 3.77. The molecule has 0 radical (unpaired) electrons. The summed E-state index contributed by atoms with van der Waals surface area (Å²) < 4.78 is 7.50. The molecule has 2 aromatic carbocycles. The van der Waals surface area contributed by atoms with Crippen LogP contribution in [-0.2, 0) is 11.1 Å². The summed E-state index contributed by atoms with van der Waals surface area (Å²) in [6.07, 6.45) is 0.412. The number of carboxylic acid groups (broad SMARTS) is 1. The predicted octanol–water partition coefficient (Wildman–Crippen LogP) is 2.64. The van der Waals surface area contributed by atoms with Crippen LogP contribution in [0.25, 0.3) is 0 Å². The van der Waals surface area contributed by atoms with Gasteiger partial charge in [-0.05, 0) is 23.3 Å². The molecule has 0 fully saturated rings. The molecule has 0 heterocycles. The van der Waals surface area contributed by atoms with E-state index in [2.05, 4.69) is 6.65 Å². The van der Waals surface area contributed by atoms with E-state index < -0.39 is 5.97 Å². The van der Waals surface area contributed by atoms with Crippen LogP contribution < -0.4 is 0 Å². The number of rotatable bonds is 3. The molecule has 4 nitrogen and oxygen atoms in total. The Morgan fingerprint density at radius 3 is 2.11 bits per heavy atom. The summed E-state index contributed by atoms with van der Waals surface area (Å²) in [5.41, 5.74) is 1.69. The number of carbonyl (C=O) groups is 1. The maximum atomic E-state index is 11.0. The minimum atomic E-state index is -0.948. The molecule has 2 rings (SSSR count). The van der Waals surface area contributed by atoms with Crippen molar-refractivity contribution in [1.82, 2.24) is 0 Å². The predicted molar refractivity (Wildman–Crippen MR) is 68.2 cm³/mol. The van der Waals surface area contributed by atoms with Gasteiger partial charge in [-0.2, -0.15) is 0 Å². The van der Waals surface area contributed by atoms with Crippen LogP contribution in [0.2, 0.25) is 0 Å². The molecule has 4 heteroatoms. The number of aromatic carboxylic acids is 1. The Labute approximate surface area is 110 Å². The molecule has 0 atom stereocenters. The average molecular weight is 256 g/mol. The minimum absolute atomic E-state index is 0.188. The van der Waals surface area contributed by atoms with Crippen LogP contribution in [0.5, 0.6) is 5.75 Å². The molecule has 0 aromatic heterocycles. The Morgan fingerprint density at radius 1 is 1.00 bits per heavy atom. The fraction of sp³-hybridized carbons (Fsp3) is 0.0667. The first-order valence-corrected chi connectivity index (χ1v) is 5.47. The summed E-state index contributed by atoms with van der Waals surface area (Å²) in [5.74, 6) is -0.760. The van der Waals surface area contributed by atoms with E-state index in [9.17, 15) is 9.90 Å². The molecule has 0 aliphatic carbocycles.